The van der Waals surface area contributed by atoms with Crippen LogP contribution >= 0.6 is 0 Å². The van der Waals surface area contributed by atoms with Gasteiger partial charge in [0.15, 0.2) is 5.82 Å². The number of aromatic nitrogens is 3. The molecule has 4 fully saturated rings. The van der Waals surface area contributed by atoms with E-state index in [2.05, 4.69) is 20.2 Å². The van der Waals surface area contributed by atoms with E-state index in [0.29, 0.717) is 5.39 Å². The van der Waals surface area contributed by atoms with Gasteiger partial charge in [-0.15, -0.1) is 0 Å². The molecule has 0 radical (unpaired) electrons. The molecule has 2 aromatic heterocycles. The lowest BCUT2D eigenvalue weighted by Crippen LogP contribution is -2.60. The summed E-state index contributed by atoms with van der Waals surface area (Å²) in [5, 5.41) is 3.42. The Morgan fingerprint density at radius 3 is 2.46 bits per heavy atom. The van der Waals surface area contributed by atoms with E-state index >= 15 is 13.2 Å². The van der Waals surface area contributed by atoms with Gasteiger partial charge in [0.2, 0.25) is 5.91 Å². The van der Waals surface area contributed by atoms with Crippen LogP contribution in [-0.2, 0) is 16.0 Å². The third-order valence-electron chi connectivity index (χ3n) is 13.9. The minimum Gasteiger partial charge on any atom is -0.461 e. The lowest BCUT2D eigenvalue weighted by atomic mass is 9.76. The van der Waals surface area contributed by atoms with Crippen molar-refractivity contribution in [3.63, 3.8) is 0 Å². The Morgan fingerprint density at radius 2 is 1.75 bits per heavy atom. The predicted molar refractivity (Wildman–Crippen MR) is 225 cm³/mol. The molecule has 8 heterocycles. The number of fused-ring (bicyclic) bond motifs is 7. The molecule has 0 spiro atoms. The molecule has 4 saturated heterocycles. The van der Waals surface area contributed by atoms with E-state index in [1.165, 1.54) is 44.6 Å². The maximum absolute atomic E-state index is 17.7. The van der Waals surface area contributed by atoms with Gasteiger partial charge < -0.3 is 34.2 Å². The van der Waals surface area contributed by atoms with Crippen molar-refractivity contribution in [2.24, 2.45) is 5.41 Å². The maximum atomic E-state index is 17.7. The molecule has 1 N–H and O–H groups in total. The van der Waals surface area contributed by atoms with E-state index in [-0.39, 0.29) is 102 Å². The van der Waals surface area contributed by atoms with Crippen LogP contribution < -0.4 is 19.7 Å². The van der Waals surface area contributed by atoms with Crippen molar-refractivity contribution in [2.45, 2.75) is 88.1 Å². The molecule has 14 nitrogen and oxygen atoms in total. The number of alkyl halides is 4. The SMILES string of the molecule is CN(C)C(=O)C1(C(F)(F)F)CCN(C(=O)Oc2cc3c4c(c(F)ccc4c2)CCCOC(=O)NC2(C)CC(F)CN(C2)c2nc(OCC45CCCN4CCC5)nc4c(F)c-3ncc24)CC1. The second kappa shape index (κ2) is 16.6. The number of nitrogens with zero attached hydrogens (tertiary/aromatic N) is 7. The number of pyridine rings is 1. The smallest absolute Gasteiger partial charge is 0.415 e. The van der Waals surface area contributed by atoms with Gasteiger partial charge in [-0.1, -0.05) is 6.07 Å². The molecule has 348 valence electrons. The number of rotatable bonds is 5. The highest BCUT2D eigenvalue weighted by molar-refractivity contribution is 6.02. The Bertz CT molecular complexity index is 2540. The van der Waals surface area contributed by atoms with Crippen molar-refractivity contribution in [1.82, 2.24) is 35.0 Å². The molecule has 20 heteroatoms. The zero-order chi connectivity index (χ0) is 46.1. The molecule has 6 aliphatic rings. The quantitative estimate of drug-likeness (QED) is 0.201. The second-order valence-electron chi connectivity index (χ2n) is 18.6. The first-order valence-electron chi connectivity index (χ1n) is 22.0. The van der Waals surface area contributed by atoms with Crippen molar-refractivity contribution in [1.29, 1.82) is 0 Å². The molecule has 3 amide bonds. The third-order valence-corrected chi connectivity index (χ3v) is 13.9. The van der Waals surface area contributed by atoms with E-state index < -0.39 is 79.0 Å². The minimum absolute atomic E-state index is 0.00113. The van der Waals surface area contributed by atoms with E-state index in [4.69, 9.17) is 19.2 Å². The number of benzene rings is 2. The van der Waals surface area contributed by atoms with Gasteiger partial charge in [-0.05, 0) is 106 Å². The van der Waals surface area contributed by atoms with Crippen molar-refractivity contribution in [3.8, 4) is 23.0 Å². The molecular weight excluding hydrogens is 863 g/mol. The molecule has 10 rings (SSSR count). The van der Waals surface area contributed by atoms with Crippen LogP contribution in [0.4, 0.5) is 41.7 Å². The molecule has 2 aromatic carbocycles. The normalized spacial score (nSPS) is 23.3. The molecule has 6 bridgehead atoms. The summed E-state index contributed by atoms with van der Waals surface area (Å²) >= 11 is 0. The first-order chi connectivity index (χ1) is 30.9. The van der Waals surface area contributed by atoms with Gasteiger partial charge in [-0.3, -0.25) is 14.7 Å². The fourth-order valence-electron chi connectivity index (χ4n) is 10.7. The average molecular weight is 913 g/mol. The van der Waals surface area contributed by atoms with E-state index in [0.717, 1.165) is 48.6 Å². The number of carbonyl (C=O) groups is 3. The Kier molecular flexibility index (Phi) is 11.4. The molecule has 65 heavy (non-hydrogen) atoms. The van der Waals surface area contributed by atoms with Gasteiger partial charge in [0.1, 0.15) is 46.8 Å². The number of hydrogen-bond acceptors (Lipinski definition) is 11. The number of likely N-dealkylation sites (tertiary alicyclic amines) is 1. The van der Waals surface area contributed by atoms with Gasteiger partial charge in [-0.2, -0.15) is 23.1 Å². The van der Waals surface area contributed by atoms with Crippen LogP contribution in [0.25, 0.3) is 32.9 Å². The predicted octanol–water partition coefficient (Wildman–Crippen LogP) is 7.34. The number of carbonyl (C=O) groups excluding carboxylic acids is 3. The molecule has 0 aliphatic carbocycles. The summed E-state index contributed by atoms with van der Waals surface area (Å²) in [6.07, 6.45) is -4.30. The highest BCUT2D eigenvalue weighted by atomic mass is 19.4. The molecule has 6 aliphatic heterocycles. The topological polar surface area (TPSA) is 143 Å². The van der Waals surface area contributed by atoms with Crippen LogP contribution in [0, 0.1) is 17.0 Å². The van der Waals surface area contributed by atoms with Crippen LogP contribution in [0.1, 0.15) is 63.9 Å². The lowest BCUT2D eigenvalue weighted by molar-refractivity contribution is -0.236. The van der Waals surface area contributed by atoms with E-state index in [1.807, 2.05) is 0 Å². The van der Waals surface area contributed by atoms with Gasteiger partial charge in [-0.25, -0.2) is 22.8 Å². The Hall–Kier alpha value is -5.66. The number of hydrogen-bond donors (Lipinski definition) is 1. The molecule has 2 atom stereocenters. The molecule has 0 saturated carbocycles. The first kappa shape index (κ1) is 44.5. The average Bonchev–Trinajstić information content (AvgIpc) is 3.84. The van der Waals surface area contributed by atoms with Gasteiger partial charge in [0.05, 0.1) is 29.6 Å². The zero-order valence-electron chi connectivity index (χ0n) is 36.3. The van der Waals surface area contributed by atoms with Crippen LogP contribution in [0.5, 0.6) is 11.8 Å². The summed E-state index contributed by atoms with van der Waals surface area (Å²) in [5.74, 6) is -2.76. The summed E-state index contributed by atoms with van der Waals surface area (Å²) in [4.78, 5) is 59.5. The second-order valence-corrected chi connectivity index (χ2v) is 18.6. The maximum Gasteiger partial charge on any atom is 0.415 e. The van der Waals surface area contributed by atoms with E-state index in [1.54, 1.807) is 11.8 Å². The standard InChI is InChI=1S/C45H50F6N8O6/c1-42-21-27(46)23-58(24-42)37-31-22-52-35(34(48)36(31)53-39(54-37)64-25-43-10-5-14-59(43)15-6-11-43)30-20-28(19-26-8-9-32(47)29(33(26)30)7-4-18-63-40(61)55-42)65-41(62)57-16-12-44(13-17-57,45(49,50)51)38(60)56(2)3/h8-9,19-20,22,27H,4-7,10-18,21,23-25H2,1-3H3,(H,55,61). The van der Waals surface area contributed by atoms with Crippen LogP contribution in [-0.4, -0.2) is 138 Å². The summed E-state index contributed by atoms with van der Waals surface area (Å²) in [7, 11) is 2.48. The van der Waals surface area contributed by atoms with Crippen LogP contribution in [0.2, 0.25) is 0 Å². The van der Waals surface area contributed by atoms with Crippen molar-refractivity contribution >= 4 is 45.6 Å². The number of aryl methyl sites for hydroxylation is 1. The van der Waals surface area contributed by atoms with E-state index in [9.17, 15) is 27.6 Å². The fourth-order valence-corrected chi connectivity index (χ4v) is 10.7. The monoisotopic (exact) mass is 912 g/mol. The largest absolute Gasteiger partial charge is 0.461 e. The highest BCUT2D eigenvalue weighted by Crippen LogP contribution is 2.48. The van der Waals surface area contributed by atoms with Crippen LogP contribution in [0.15, 0.2) is 30.5 Å². The number of alkyl carbamates (subject to hydrolysis) is 1. The Balaban J connectivity index is 1.15. The zero-order valence-corrected chi connectivity index (χ0v) is 36.3. The van der Waals surface area contributed by atoms with Crippen molar-refractivity contribution in [2.75, 3.05) is 71.5 Å². The Morgan fingerprint density at radius 1 is 1.02 bits per heavy atom. The number of amides is 3. The summed E-state index contributed by atoms with van der Waals surface area (Å²) in [5.41, 5.74) is -4.49. The first-order valence-corrected chi connectivity index (χ1v) is 22.0. The Labute approximate surface area is 370 Å². The van der Waals surface area contributed by atoms with Gasteiger partial charge >= 0.3 is 24.4 Å². The van der Waals surface area contributed by atoms with Gasteiger partial charge in [0.25, 0.3) is 0 Å². The summed E-state index contributed by atoms with van der Waals surface area (Å²) in [6, 6.07) is 5.17. The number of ether oxygens (including phenoxy) is 3. The highest BCUT2D eigenvalue weighted by Gasteiger charge is 2.61. The third kappa shape index (κ3) is 8.09. The van der Waals surface area contributed by atoms with Crippen LogP contribution in [0.3, 0.4) is 0 Å². The number of halogens is 6. The molecule has 2 unspecified atom stereocenters. The number of piperidine rings is 2. The fraction of sp³-hybridized carbons (Fsp3) is 0.556. The minimum atomic E-state index is -4.87. The van der Waals surface area contributed by atoms with Gasteiger partial charge in [0, 0.05) is 51.9 Å². The summed E-state index contributed by atoms with van der Waals surface area (Å²) < 4.78 is 110. The molecular formula is C45H50F6N8O6. The number of anilines is 1. The summed E-state index contributed by atoms with van der Waals surface area (Å²) in [6.45, 7) is 2.62. The molecule has 4 aromatic rings. The lowest BCUT2D eigenvalue weighted by Gasteiger charge is -2.42. The number of nitrogens with one attached hydrogen (secondary N) is 1. The van der Waals surface area contributed by atoms with Crippen molar-refractivity contribution < 1.29 is 54.9 Å². The van der Waals surface area contributed by atoms with Crippen molar-refractivity contribution in [3.05, 3.63) is 47.7 Å².